The average Bonchev–Trinajstić information content (AvgIpc) is 2.47. The third-order valence-electron chi connectivity index (χ3n) is 3.81. The highest BCUT2D eigenvalue weighted by molar-refractivity contribution is 5.83. The molecule has 0 spiro atoms. The first-order valence-electron chi connectivity index (χ1n) is 7.62. The number of fused-ring (bicyclic) bond motifs is 1. The Morgan fingerprint density at radius 2 is 1.81 bits per heavy atom. The molecule has 0 amide bonds. The Kier molecular flexibility index (Phi) is 5.74. The van der Waals surface area contributed by atoms with Gasteiger partial charge in [-0.2, -0.15) is 0 Å². The Labute approximate surface area is 127 Å². The number of hydrogen-bond acceptors (Lipinski definition) is 3. The van der Waals surface area contributed by atoms with Crippen LogP contribution in [0, 0.1) is 0 Å². The topological polar surface area (TPSA) is 38.5 Å². The van der Waals surface area contributed by atoms with Crippen molar-refractivity contribution in [3.63, 3.8) is 0 Å². The van der Waals surface area contributed by atoms with Gasteiger partial charge in [0, 0.05) is 19.1 Å². The van der Waals surface area contributed by atoms with Crippen LogP contribution in [0.4, 0.5) is 0 Å². The predicted molar refractivity (Wildman–Crippen MR) is 89.5 cm³/mol. The van der Waals surface area contributed by atoms with Crippen LogP contribution in [0.25, 0.3) is 10.8 Å². The van der Waals surface area contributed by atoms with Gasteiger partial charge in [-0.1, -0.05) is 36.4 Å². The maximum Gasteiger partial charge on any atom is 0.0597 e. The number of hydrogen-bond donors (Lipinski definition) is 1. The van der Waals surface area contributed by atoms with E-state index in [4.69, 9.17) is 10.5 Å². The molecule has 2 aromatic rings. The molecule has 2 N–H and O–H groups in total. The van der Waals surface area contributed by atoms with Crippen LogP contribution in [-0.4, -0.2) is 37.7 Å². The van der Waals surface area contributed by atoms with E-state index in [0.717, 1.165) is 13.2 Å². The fraction of sp³-hybridized carbons (Fsp3) is 0.444. The van der Waals surface area contributed by atoms with Gasteiger partial charge < -0.3 is 10.5 Å². The standard InChI is InChI=1S/C18H26N2O/c1-14(2)21-11-10-20(3)18(13-19)17-9-8-15-6-4-5-7-16(15)12-17/h4-9,12,14,18H,10-11,13,19H2,1-3H3. The number of ether oxygens (including phenoxy) is 1. The molecule has 0 fully saturated rings. The van der Waals surface area contributed by atoms with E-state index >= 15 is 0 Å². The monoisotopic (exact) mass is 286 g/mol. The summed E-state index contributed by atoms with van der Waals surface area (Å²) in [6, 6.07) is 15.2. The summed E-state index contributed by atoms with van der Waals surface area (Å²) in [4.78, 5) is 2.27. The van der Waals surface area contributed by atoms with E-state index in [1.54, 1.807) is 0 Å². The van der Waals surface area contributed by atoms with Crippen molar-refractivity contribution in [1.82, 2.24) is 4.90 Å². The maximum absolute atomic E-state index is 6.00. The lowest BCUT2D eigenvalue weighted by atomic mass is 10.0. The lowest BCUT2D eigenvalue weighted by molar-refractivity contribution is 0.0564. The minimum atomic E-state index is 0.227. The zero-order chi connectivity index (χ0) is 15.2. The molecule has 2 rings (SSSR count). The third-order valence-corrected chi connectivity index (χ3v) is 3.81. The summed E-state index contributed by atoms with van der Waals surface area (Å²) < 4.78 is 5.63. The fourth-order valence-electron chi connectivity index (χ4n) is 2.57. The van der Waals surface area contributed by atoms with E-state index in [-0.39, 0.29) is 12.1 Å². The van der Waals surface area contributed by atoms with Gasteiger partial charge in [-0.05, 0) is 43.3 Å². The van der Waals surface area contributed by atoms with Crippen LogP contribution < -0.4 is 5.73 Å². The molecule has 0 aliphatic rings. The van der Waals surface area contributed by atoms with Crippen molar-refractivity contribution in [2.75, 3.05) is 26.7 Å². The van der Waals surface area contributed by atoms with Crippen LogP contribution in [0.1, 0.15) is 25.5 Å². The van der Waals surface area contributed by atoms with Gasteiger partial charge in [0.1, 0.15) is 0 Å². The van der Waals surface area contributed by atoms with Crippen molar-refractivity contribution >= 4 is 10.8 Å². The molecule has 0 bridgehead atoms. The van der Waals surface area contributed by atoms with E-state index < -0.39 is 0 Å². The third kappa shape index (κ3) is 4.27. The summed E-state index contributed by atoms with van der Waals surface area (Å²) >= 11 is 0. The molecule has 0 heterocycles. The Morgan fingerprint density at radius 1 is 1.10 bits per heavy atom. The van der Waals surface area contributed by atoms with Gasteiger partial charge in [0.05, 0.1) is 12.7 Å². The summed E-state index contributed by atoms with van der Waals surface area (Å²) in [7, 11) is 2.11. The van der Waals surface area contributed by atoms with Gasteiger partial charge in [0.25, 0.3) is 0 Å². The summed E-state index contributed by atoms with van der Waals surface area (Å²) in [5.41, 5.74) is 7.27. The van der Waals surface area contributed by atoms with Crippen molar-refractivity contribution < 1.29 is 4.74 Å². The molecule has 0 saturated heterocycles. The van der Waals surface area contributed by atoms with E-state index in [2.05, 4.69) is 68.3 Å². The van der Waals surface area contributed by atoms with Crippen molar-refractivity contribution in [3.8, 4) is 0 Å². The Balaban J connectivity index is 2.10. The molecule has 0 saturated carbocycles. The lowest BCUT2D eigenvalue weighted by Crippen LogP contribution is -2.33. The van der Waals surface area contributed by atoms with Crippen LogP contribution in [-0.2, 0) is 4.74 Å². The van der Waals surface area contributed by atoms with Gasteiger partial charge in [-0.3, -0.25) is 4.90 Å². The number of nitrogens with zero attached hydrogens (tertiary/aromatic N) is 1. The Bertz CT molecular complexity index is 568. The van der Waals surface area contributed by atoms with Crippen molar-refractivity contribution in [2.45, 2.75) is 26.0 Å². The average molecular weight is 286 g/mol. The Morgan fingerprint density at radius 3 is 2.48 bits per heavy atom. The van der Waals surface area contributed by atoms with Gasteiger partial charge in [-0.25, -0.2) is 0 Å². The first-order chi connectivity index (χ1) is 10.1. The minimum Gasteiger partial charge on any atom is -0.377 e. The van der Waals surface area contributed by atoms with Gasteiger partial charge >= 0.3 is 0 Å². The number of likely N-dealkylation sites (N-methyl/N-ethyl adjacent to an activating group) is 1. The van der Waals surface area contributed by atoms with E-state index in [0.29, 0.717) is 6.54 Å². The van der Waals surface area contributed by atoms with Crippen LogP contribution >= 0.6 is 0 Å². The first kappa shape index (κ1) is 16.0. The SMILES string of the molecule is CC(C)OCCN(C)C(CN)c1ccc2ccccc2c1. The van der Waals surface area contributed by atoms with Crippen LogP contribution in [0.2, 0.25) is 0 Å². The quantitative estimate of drug-likeness (QED) is 0.849. The first-order valence-corrected chi connectivity index (χ1v) is 7.62. The second-order valence-electron chi connectivity index (χ2n) is 5.76. The lowest BCUT2D eigenvalue weighted by Gasteiger charge is -2.27. The van der Waals surface area contributed by atoms with Gasteiger partial charge in [-0.15, -0.1) is 0 Å². The van der Waals surface area contributed by atoms with Crippen molar-refractivity contribution in [3.05, 3.63) is 48.0 Å². The molecule has 3 nitrogen and oxygen atoms in total. The zero-order valence-corrected chi connectivity index (χ0v) is 13.3. The molecule has 3 heteroatoms. The van der Waals surface area contributed by atoms with Gasteiger partial charge in [0.15, 0.2) is 0 Å². The predicted octanol–water partition coefficient (Wildman–Crippen LogP) is 3.20. The van der Waals surface area contributed by atoms with E-state index in [1.165, 1.54) is 16.3 Å². The molecule has 114 valence electrons. The molecule has 0 aromatic heterocycles. The fourth-order valence-corrected chi connectivity index (χ4v) is 2.57. The van der Waals surface area contributed by atoms with Gasteiger partial charge in [0.2, 0.25) is 0 Å². The molecule has 0 radical (unpaired) electrons. The summed E-state index contributed by atoms with van der Waals surface area (Å²) in [6.07, 6.45) is 0.274. The summed E-state index contributed by atoms with van der Waals surface area (Å²) in [5.74, 6) is 0. The summed E-state index contributed by atoms with van der Waals surface area (Å²) in [6.45, 7) is 6.34. The van der Waals surface area contributed by atoms with Crippen molar-refractivity contribution in [2.24, 2.45) is 5.73 Å². The zero-order valence-electron chi connectivity index (χ0n) is 13.3. The second kappa shape index (κ2) is 7.55. The largest absolute Gasteiger partial charge is 0.377 e. The van der Waals surface area contributed by atoms with E-state index in [1.807, 2.05) is 0 Å². The minimum absolute atomic E-state index is 0.227. The highest BCUT2D eigenvalue weighted by atomic mass is 16.5. The summed E-state index contributed by atoms with van der Waals surface area (Å²) in [5, 5.41) is 2.53. The van der Waals surface area contributed by atoms with Crippen LogP contribution in [0.15, 0.2) is 42.5 Å². The molecule has 1 unspecified atom stereocenters. The molecule has 0 aliphatic heterocycles. The normalized spacial score (nSPS) is 13.2. The van der Waals surface area contributed by atoms with Crippen LogP contribution in [0.3, 0.4) is 0 Å². The molecular weight excluding hydrogens is 260 g/mol. The maximum atomic E-state index is 6.00. The number of benzene rings is 2. The number of nitrogens with two attached hydrogens (primary N) is 1. The second-order valence-corrected chi connectivity index (χ2v) is 5.76. The highest BCUT2D eigenvalue weighted by Crippen LogP contribution is 2.23. The smallest absolute Gasteiger partial charge is 0.0597 e. The molecule has 1 atom stereocenters. The molecular formula is C18H26N2O. The van der Waals surface area contributed by atoms with E-state index in [9.17, 15) is 0 Å². The number of rotatable bonds is 7. The van der Waals surface area contributed by atoms with Crippen molar-refractivity contribution in [1.29, 1.82) is 0 Å². The highest BCUT2D eigenvalue weighted by Gasteiger charge is 2.15. The molecule has 0 aliphatic carbocycles. The van der Waals surface area contributed by atoms with Crippen LogP contribution in [0.5, 0.6) is 0 Å². The molecule has 2 aromatic carbocycles. The molecule has 21 heavy (non-hydrogen) atoms. The Hall–Kier alpha value is -1.42.